The van der Waals surface area contributed by atoms with Gasteiger partial charge in [-0.2, -0.15) is 13.2 Å². The largest absolute Gasteiger partial charge is 0.494 e. The van der Waals surface area contributed by atoms with Gasteiger partial charge in [-0.05, 0) is 50.5 Å². The van der Waals surface area contributed by atoms with Crippen molar-refractivity contribution in [2.75, 3.05) is 6.61 Å². The second-order valence-electron chi connectivity index (χ2n) is 5.85. The highest BCUT2D eigenvalue weighted by Gasteiger charge is 2.34. The zero-order valence-corrected chi connectivity index (χ0v) is 12.2. The lowest BCUT2D eigenvalue weighted by molar-refractivity contribution is -0.136. The van der Waals surface area contributed by atoms with Gasteiger partial charge in [0.15, 0.2) is 0 Å². The van der Waals surface area contributed by atoms with Crippen molar-refractivity contribution in [3.05, 3.63) is 23.8 Å². The van der Waals surface area contributed by atoms with Gasteiger partial charge in [0.1, 0.15) is 17.1 Å². The van der Waals surface area contributed by atoms with Crippen molar-refractivity contribution in [1.29, 1.82) is 0 Å². The number of ether oxygens (including phenoxy) is 2. The molecule has 118 valence electrons. The highest BCUT2D eigenvalue weighted by Crippen LogP contribution is 2.34. The lowest BCUT2D eigenvalue weighted by atomic mass is 9.89. The molecule has 0 aliphatic carbocycles. The first-order valence-electron chi connectivity index (χ1n) is 6.94. The van der Waals surface area contributed by atoms with Crippen molar-refractivity contribution in [3.8, 4) is 11.5 Å². The second kappa shape index (κ2) is 5.75. The molecule has 1 aliphatic rings. The minimum atomic E-state index is -4.13. The number of nitrogens with two attached hydrogens (primary N) is 1. The fraction of sp³-hybridized carbons (Fsp3) is 0.600. The molecule has 2 rings (SSSR count). The van der Waals surface area contributed by atoms with Gasteiger partial charge in [-0.1, -0.05) is 0 Å². The monoisotopic (exact) mass is 303 g/mol. The molecule has 3 nitrogen and oxygen atoms in total. The van der Waals surface area contributed by atoms with Crippen molar-refractivity contribution in [3.63, 3.8) is 0 Å². The summed E-state index contributed by atoms with van der Waals surface area (Å²) in [5.74, 6) is 1.30. The van der Waals surface area contributed by atoms with E-state index in [0.29, 0.717) is 12.2 Å². The van der Waals surface area contributed by atoms with E-state index >= 15 is 0 Å². The SMILES string of the molecule is CC1(C)Oc2ccc(OCCCC(F)(F)F)cc2CC1N. The number of hydrogen-bond donors (Lipinski definition) is 1. The van der Waals surface area contributed by atoms with Gasteiger partial charge in [-0.3, -0.25) is 0 Å². The van der Waals surface area contributed by atoms with Crippen LogP contribution in [0.5, 0.6) is 11.5 Å². The van der Waals surface area contributed by atoms with Gasteiger partial charge in [-0.15, -0.1) is 0 Å². The lowest BCUT2D eigenvalue weighted by Crippen LogP contribution is -2.51. The third-order valence-corrected chi connectivity index (χ3v) is 3.61. The Hall–Kier alpha value is -1.43. The van der Waals surface area contributed by atoms with Crippen LogP contribution in [0, 0.1) is 0 Å². The van der Waals surface area contributed by atoms with E-state index in [1.807, 2.05) is 13.8 Å². The van der Waals surface area contributed by atoms with Gasteiger partial charge in [0.25, 0.3) is 0 Å². The molecule has 6 heteroatoms. The van der Waals surface area contributed by atoms with Crippen molar-refractivity contribution in [2.24, 2.45) is 5.73 Å². The fourth-order valence-corrected chi connectivity index (χ4v) is 2.21. The Balaban J connectivity index is 1.94. The average molecular weight is 303 g/mol. The van der Waals surface area contributed by atoms with Gasteiger partial charge in [0, 0.05) is 12.5 Å². The zero-order chi connectivity index (χ0) is 15.7. The Kier molecular flexibility index (Phi) is 4.37. The average Bonchev–Trinajstić information content (AvgIpc) is 2.35. The lowest BCUT2D eigenvalue weighted by Gasteiger charge is -2.38. The summed E-state index contributed by atoms with van der Waals surface area (Å²) in [5, 5.41) is 0. The smallest absolute Gasteiger partial charge is 0.389 e. The molecule has 1 aromatic carbocycles. The first-order chi connectivity index (χ1) is 9.67. The third-order valence-electron chi connectivity index (χ3n) is 3.61. The molecule has 2 N–H and O–H groups in total. The van der Waals surface area contributed by atoms with E-state index in [9.17, 15) is 13.2 Å². The molecule has 1 aliphatic heterocycles. The molecule has 21 heavy (non-hydrogen) atoms. The Morgan fingerprint density at radius 2 is 2.10 bits per heavy atom. The van der Waals surface area contributed by atoms with Gasteiger partial charge in [0.05, 0.1) is 6.61 Å². The van der Waals surface area contributed by atoms with Gasteiger partial charge < -0.3 is 15.2 Å². The highest BCUT2D eigenvalue weighted by atomic mass is 19.4. The predicted octanol–water partition coefficient (Wildman–Crippen LogP) is 3.45. The molecule has 0 spiro atoms. The quantitative estimate of drug-likeness (QED) is 0.867. The summed E-state index contributed by atoms with van der Waals surface area (Å²) in [7, 11) is 0. The molecular formula is C15H20F3NO2. The Morgan fingerprint density at radius 3 is 2.76 bits per heavy atom. The standard InChI is InChI=1S/C15H20F3NO2/c1-14(2)13(19)9-10-8-11(4-5-12(10)21-14)20-7-3-6-15(16,17)18/h4-5,8,13H,3,6-7,9,19H2,1-2H3. The van der Waals surface area contributed by atoms with Gasteiger partial charge >= 0.3 is 6.18 Å². The zero-order valence-electron chi connectivity index (χ0n) is 12.2. The van der Waals surface area contributed by atoms with Crippen molar-refractivity contribution in [1.82, 2.24) is 0 Å². The molecule has 1 atom stereocenters. The summed E-state index contributed by atoms with van der Waals surface area (Å²) in [5.41, 5.74) is 6.55. The number of benzene rings is 1. The number of fused-ring (bicyclic) bond motifs is 1. The molecule has 1 unspecified atom stereocenters. The molecule has 1 heterocycles. The van der Waals surface area contributed by atoms with Crippen LogP contribution in [0.25, 0.3) is 0 Å². The molecule has 0 radical (unpaired) electrons. The van der Waals surface area contributed by atoms with Crippen LogP contribution in [0.1, 0.15) is 32.3 Å². The summed E-state index contributed by atoms with van der Waals surface area (Å²) < 4.78 is 47.3. The van der Waals surface area contributed by atoms with Crippen molar-refractivity contribution >= 4 is 0 Å². The number of hydrogen-bond acceptors (Lipinski definition) is 3. The van der Waals surface area contributed by atoms with Crippen LogP contribution < -0.4 is 15.2 Å². The molecule has 0 aromatic heterocycles. The van der Waals surface area contributed by atoms with Crippen molar-refractivity contribution < 1.29 is 22.6 Å². The summed E-state index contributed by atoms with van der Waals surface area (Å²) in [6.07, 6.45) is -4.36. The van der Waals surface area contributed by atoms with Crippen LogP contribution in [0.15, 0.2) is 18.2 Å². The van der Waals surface area contributed by atoms with Crippen LogP contribution >= 0.6 is 0 Å². The maximum absolute atomic E-state index is 12.0. The molecule has 0 saturated carbocycles. The number of halogens is 3. The molecule has 0 saturated heterocycles. The van der Waals surface area contributed by atoms with E-state index < -0.39 is 18.2 Å². The minimum Gasteiger partial charge on any atom is -0.494 e. The van der Waals surface area contributed by atoms with Crippen molar-refractivity contribution in [2.45, 2.75) is 50.9 Å². The van der Waals surface area contributed by atoms with Gasteiger partial charge in [0.2, 0.25) is 0 Å². The van der Waals surface area contributed by atoms with E-state index in [1.54, 1.807) is 18.2 Å². The maximum Gasteiger partial charge on any atom is 0.389 e. The predicted molar refractivity (Wildman–Crippen MR) is 73.6 cm³/mol. The summed E-state index contributed by atoms with van der Waals surface area (Å²) >= 11 is 0. The fourth-order valence-electron chi connectivity index (χ4n) is 2.21. The Bertz CT molecular complexity index is 500. The maximum atomic E-state index is 12.0. The topological polar surface area (TPSA) is 44.5 Å². The van der Waals surface area contributed by atoms with Crippen LogP contribution in [0.3, 0.4) is 0 Å². The Morgan fingerprint density at radius 1 is 1.38 bits per heavy atom. The van der Waals surface area contributed by atoms with E-state index in [2.05, 4.69) is 0 Å². The third kappa shape index (κ3) is 4.27. The van der Waals surface area contributed by atoms with E-state index in [-0.39, 0.29) is 19.1 Å². The second-order valence-corrected chi connectivity index (χ2v) is 5.85. The summed E-state index contributed by atoms with van der Waals surface area (Å²) in [4.78, 5) is 0. The molecule has 1 aromatic rings. The summed E-state index contributed by atoms with van der Waals surface area (Å²) in [6, 6.07) is 5.14. The van der Waals surface area contributed by atoms with Crippen LogP contribution in [-0.2, 0) is 6.42 Å². The Labute approximate surface area is 122 Å². The van der Waals surface area contributed by atoms with Crippen LogP contribution in [-0.4, -0.2) is 24.4 Å². The van der Waals surface area contributed by atoms with E-state index in [4.69, 9.17) is 15.2 Å². The van der Waals surface area contributed by atoms with E-state index in [1.165, 1.54) is 0 Å². The molecular weight excluding hydrogens is 283 g/mol. The number of rotatable bonds is 4. The van der Waals surface area contributed by atoms with Gasteiger partial charge in [-0.25, -0.2) is 0 Å². The first-order valence-corrected chi connectivity index (χ1v) is 6.94. The van der Waals surface area contributed by atoms with Crippen LogP contribution in [0.2, 0.25) is 0 Å². The highest BCUT2D eigenvalue weighted by molar-refractivity contribution is 5.43. The molecule has 0 amide bonds. The van der Waals surface area contributed by atoms with Crippen LogP contribution in [0.4, 0.5) is 13.2 Å². The molecule has 0 fully saturated rings. The minimum absolute atomic E-state index is 0.0384. The normalized spacial score (nSPS) is 20.6. The first kappa shape index (κ1) is 15.9. The number of alkyl halides is 3. The molecule has 0 bridgehead atoms. The van der Waals surface area contributed by atoms with E-state index in [0.717, 1.165) is 11.3 Å². The summed E-state index contributed by atoms with van der Waals surface area (Å²) in [6.45, 7) is 3.90.